The number of piperazine rings is 1. The van der Waals surface area contributed by atoms with Gasteiger partial charge in [0.2, 0.25) is 5.91 Å². The molecule has 2 aliphatic heterocycles. The Hall–Kier alpha value is -0.900. The Bertz CT molecular complexity index is 354. The lowest BCUT2D eigenvalue weighted by molar-refractivity contribution is -0.136. The van der Waals surface area contributed by atoms with E-state index in [1.165, 1.54) is 0 Å². The molecule has 1 amide bonds. The van der Waals surface area contributed by atoms with E-state index in [-0.39, 0.29) is 17.9 Å². The van der Waals surface area contributed by atoms with E-state index in [0.717, 1.165) is 13.1 Å². The van der Waals surface area contributed by atoms with Crippen LogP contribution in [0.3, 0.4) is 0 Å². The highest BCUT2D eigenvalue weighted by Crippen LogP contribution is 2.29. The lowest BCUT2D eigenvalue weighted by Crippen LogP contribution is -2.55. The Morgan fingerprint density at radius 2 is 2.00 bits per heavy atom. The molecule has 18 heavy (non-hydrogen) atoms. The van der Waals surface area contributed by atoms with Gasteiger partial charge in [0.1, 0.15) is 0 Å². The highest BCUT2D eigenvalue weighted by molar-refractivity contribution is 5.90. The average Bonchev–Trinajstić information content (AvgIpc) is 2.53. The van der Waals surface area contributed by atoms with E-state index in [9.17, 15) is 9.59 Å². The van der Waals surface area contributed by atoms with Gasteiger partial charge in [-0.1, -0.05) is 20.8 Å². The van der Waals surface area contributed by atoms with Crippen molar-refractivity contribution in [3.05, 3.63) is 0 Å². The van der Waals surface area contributed by atoms with Gasteiger partial charge in [0.25, 0.3) is 0 Å². The number of amides is 1. The van der Waals surface area contributed by atoms with Crippen LogP contribution in [-0.2, 0) is 9.59 Å². The number of Topliss-reactive ketones (excluding diaryl/α,β-unsaturated/α-hetero) is 1. The van der Waals surface area contributed by atoms with Crippen LogP contribution in [0.25, 0.3) is 0 Å². The smallest absolute Gasteiger partial charge is 0.222 e. The van der Waals surface area contributed by atoms with Gasteiger partial charge in [0.05, 0.1) is 6.04 Å². The molecule has 4 heteroatoms. The third-order valence-electron chi connectivity index (χ3n) is 4.38. The van der Waals surface area contributed by atoms with E-state index < -0.39 is 0 Å². The normalized spacial score (nSPS) is 33.1. The zero-order chi connectivity index (χ0) is 13.4. The summed E-state index contributed by atoms with van der Waals surface area (Å²) in [5.41, 5.74) is 0. The molecule has 0 aromatic carbocycles. The minimum absolute atomic E-state index is 0.0557. The summed E-state index contributed by atoms with van der Waals surface area (Å²) in [5, 5.41) is 0. The summed E-state index contributed by atoms with van der Waals surface area (Å²) < 4.78 is 0. The highest BCUT2D eigenvalue weighted by Gasteiger charge is 2.46. The van der Waals surface area contributed by atoms with E-state index in [0.29, 0.717) is 30.7 Å². The van der Waals surface area contributed by atoms with Gasteiger partial charge in [-0.05, 0) is 12.8 Å². The fourth-order valence-corrected chi connectivity index (χ4v) is 3.07. The molecule has 0 N–H and O–H groups in total. The topological polar surface area (TPSA) is 40.6 Å². The van der Waals surface area contributed by atoms with Gasteiger partial charge in [-0.2, -0.15) is 0 Å². The maximum Gasteiger partial charge on any atom is 0.222 e. The number of rotatable bonds is 2. The lowest BCUT2D eigenvalue weighted by atomic mass is 10.0. The second kappa shape index (κ2) is 5.00. The van der Waals surface area contributed by atoms with Gasteiger partial charge in [0.15, 0.2) is 5.78 Å². The molecule has 4 nitrogen and oxygen atoms in total. The molecule has 2 unspecified atom stereocenters. The number of nitrogens with zero attached hydrogens (tertiary/aromatic N) is 2. The molecule has 0 aromatic rings. The molecule has 0 radical (unpaired) electrons. The third kappa shape index (κ3) is 2.30. The zero-order valence-corrected chi connectivity index (χ0v) is 11.8. The Balaban J connectivity index is 2.02. The first-order valence-electron chi connectivity index (χ1n) is 6.99. The molecule has 2 rings (SSSR count). The van der Waals surface area contributed by atoms with Gasteiger partial charge in [0, 0.05) is 38.0 Å². The van der Waals surface area contributed by atoms with Gasteiger partial charge >= 0.3 is 0 Å². The van der Waals surface area contributed by atoms with Crippen molar-refractivity contribution in [2.24, 2.45) is 11.8 Å². The summed E-state index contributed by atoms with van der Waals surface area (Å²) in [6, 6.07) is 0.268. The van der Waals surface area contributed by atoms with E-state index >= 15 is 0 Å². The lowest BCUT2D eigenvalue weighted by Gasteiger charge is -2.38. The van der Waals surface area contributed by atoms with Crippen LogP contribution in [0.1, 0.15) is 34.1 Å². The summed E-state index contributed by atoms with van der Waals surface area (Å²) >= 11 is 0. The predicted octanol–water partition coefficient (Wildman–Crippen LogP) is 1.15. The average molecular weight is 252 g/mol. The number of fused-ring (bicyclic) bond motifs is 1. The monoisotopic (exact) mass is 252 g/mol. The number of carbonyl (C=O) groups excluding carboxylic acids is 2. The summed E-state index contributed by atoms with van der Waals surface area (Å²) in [5.74, 6) is 0.997. The van der Waals surface area contributed by atoms with Crippen LogP contribution in [0.5, 0.6) is 0 Å². The number of ketones is 1. The van der Waals surface area contributed by atoms with Crippen molar-refractivity contribution in [3.8, 4) is 0 Å². The molecule has 2 heterocycles. The first-order valence-corrected chi connectivity index (χ1v) is 6.99. The third-order valence-corrected chi connectivity index (χ3v) is 4.38. The van der Waals surface area contributed by atoms with Crippen molar-refractivity contribution in [1.29, 1.82) is 0 Å². The van der Waals surface area contributed by atoms with Crippen LogP contribution in [0, 0.1) is 11.8 Å². The minimum Gasteiger partial charge on any atom is -0.339 e. The van der Waals surface area contributed by atoms with E-state index in [4.69, 9.17) is 0 Å². The molecular weight excluding hydrogens is 228 g/mol. The van der Waals surface area contributed by atoms with E-state index in [1.807, 2.05) is 11.8 Å². The predicted molar refractivity (Wildman–Crippen MR) is 70.2 cm³/mol. The second-order valence-corrected chi connectivity index (χ2v) is 6.12. The Labute approximate surface area is 109 Å². The Morgan fingerprint density at radius 3 is 2.61 bits per heavy atom. The number of carbonyl (C=O) groups is 2. The van der Waals surface area contributed by atoms with Gasteiger partial charge < -0.3 is 4.90 Å². The second-order valence-electron chi connectivity index (χ2n) is 6.12. The van der Waals surface area contributed by atoms with Crippen molar-refractivity contribution >= 4 is 11.7 Å². The molecular formula is C14H24N2O2. The van der Waals surface area contributed by atoms with Crippen molar-refractivity contribution < 1.29 is 9.59 Å². The van der Waals surface area contributed by atoms with Crippen LogP contribution < -0.4 is 0 Å². The Kier molecular flexibility index (Phi) is 3.76. The standard InChI is InChI=1S/C14H24N2O2/c1-9(2)7-13(17)15-5-6-16-11(4)10(3)14(18)12(16)8-15/h9-12H,5-8H2,1-4H3/t10?,11?,12-/m0/s1. The fraction of sp³-hybridized carbons (Fsp3) is 0.857. The minimum atomic E-state index is -0.0557. The largest absolute Gasteiger partial charge is 0.339 e. The molecule has 0 aliphatic carbocycles. The number of hydrogen-bond acceptors (Lipinski definition) is 3. The van der Waals surface area contributed by atoms with E-state index in [2.05, 4.69) is 25.7 Å². The van der Waals surface area contributed by atoms with Crippen LogP contribution in [0.4, 0.5) is 0 Å². The summed E-state index contributed by atoms with van der Waals surface area (Å²) in [4.78, 5) is 28.4. The van der Waals surface area contributed by atoms with Gasteiger partial charge in [-0.25, -0.2) is 0 Å². The van der Waals surface area contributed by atoms with Crippen LogP contribution >= 0.6 is 0 Å². The molecule has 0 aromatic heterocycles. The molecule has 102 valence electrons. The van der Waals surface area contributed by atoms with Gasteiger partial charge in [-0.15, -0.1) is 0 Å². The van der Waals surface area contributed by atoms with Crippen molar-refractivity contribution in [1.82, 2.24) is 9.80 Å². The molecule has 0 bridgehead atoms. The van der Waals surface area contributed by atoms with Crippen molar-refractivity contribution in [2.45, 2.75) is 46.2 Å². The van der Waals surface area contributed by atoms with E-state index in [1.54, 1.807) is 0 Å². The molecule has 2 fully saturated rings. The summed E-state index contributed by atoms with van der Waals surface area (Å²) in [7, 11) is 0. The maximum atomic E-state index is 12.2. The van der Waals surface area contributed by atoms with Gasteiger partial charge in [-0.3, -0.25) is 14.5 Å². The first kappa shape index (κ1) is 13.5. The quantitative estimate of drug-likeness (QED) is 0.740. The van der Waals surface area contributed by atoms with Crippen LogP contribution in [0.15, 0.2) is 0 Å². The maximum absolute atomic E-state index is 12.2. The van der Waals surface area contributed by atoms with Crippen molar-refractivity contribution in [2.75, 3.05) is 19.6 Å². The summed E-state index contributed by atoms with van der Waals surface area (Å²) in [6.45, 7) is 10.4. The zero-order valence-electron chi connectivity index (χ0n) is 11.8. The SMILES string of the molecule is CC(C)CC(=O)N1CCN2C(C)C(C)C(=O)[C@@H]2C1. The van der Waals surface area contributed by atoms with Crippen molar-refractivity contribution in [3.63, 3.8) is 0 Å². The Morgan fingerprint density at radius 1 is 1.33 bits per heavy atom. The number of hydrogen-bond donors (Lipinski definition) is 0. The summed E-state index contributed by atoms with van der Waals surface area (Å²) in [6.07, 6.45) is 0.589. The highest BCUT2D eigenvalue weighted by atomic mass is 16.2. The molecule has 0 saturated carbocycles. The van der Waals surface area contributed by atoms with Crippen LogP contribution in [-0.4, -0.2) is 53.2 Å². The molecule has 2 aliphatic rings. The van der Waals surface area contributed by atoms with Crippen LogP contribution in [0.2, 0.25) is 0 Å². The molecule has 2 saturated heterocycles. The fourth-order valence-electron chi connectivity index (χ4n) is 3.07. The molecule has 3 atom stereocenters. The first-order chi connectivity index (χ1) is 8.41. The molecule has 0 spiro atoms.